The fourth-order valence-corrected chi connectivity index (χ4v) is 4.94. The van der Waals surface area contributed by atoms with E-state index in [1.807, 2.05) is 123 Å². The zero-order valence-corrected chi connectivity index (χ0v) is 23.3. The normalized spacial score (nSPS) is 11.3. The molecule has 0 spiro atoms. The molecule has 40 heavy (non-hydrogen) atoms. The minimum absolute atomic E-state index is 0.235. The van der Waals surface area contributed by atoms with E-state index in [1.54, 1.807) is 18.7 Å². The van der Waals surface area contributed by atoms with Crippen molar-refractivity contribution in [1.82, 2.24) is 9.88 Å². The number of nitrogens with one attached hydrogen (secondary N) is 1. The molecule has 0 aliphatic carbocycles. The van der Waals surface area contributed by atoms with Crippen molar-refractivity contribution in [3.63, 3.8) is 0 Å². The van der Waals surface area contributed by atoms with Gasteiger partial charge in [0, 0.05) is 23.2 Å². The first-order valence-electron chi connectivity index (χ1n) is 13.4. The maximum Gasteiger partial charge on any atom is 0.255 e. The number of benzene rings is 4. The highest BCUT2D eigenvalue weighted by molar-refractivity contribution is 6.10. The summed E-state index contributed by atoms with van der Waals surface area (Å²) < 4.78 is 0. The lowest BCUT2D eigenvalue weighted by Gasteiger charge is -2.38. The number of nitrogens with zero attached hydrogens (tertiary/aromatic N) is 2. The van der Waals surface area contributed by atoms with E-state index in [0.717, 1.165) is 38.8 Å². The molecule has 200 valence electrons. The maximum atomic E-state index is 14.6. The van der Waals surface area contributed by atoms with Crippen molar-refractivity contribution < 1.29 is 9.59 Å². The molecule has 0 saturated carbocycles. The summed E-state index contributed by atoms with van der Waals surface area (Å²) in [6.45, 7) is 7.81. The summed E-state index contributed by atoms with van der Waals surface area (Å²) >= 11 is 0. The molecule has 2 amide bonds. The largest absolute Gasteiger partial charge is 0.324 e. The second-order valence-electron chi connectivity index (χ2n) is 10.6. The van der Waals surface area contributed by atoms with Crippen molar-refractivity contribution in [2.75, 3.05) is 5.32 Å². The van der Waals surface area contributed by atoms with Crippen LogP contribution in [0.2, 0.25) is 0 Å². The summed E-state index contributed by atoms with van der Waals surface area (Å²) in [4.78, 5) is 35.1. The van der Waals surface area contributed by atoms with Crippen molar-refractivity contribution in [3.8, 4) is 11.3 Å². The first kappa shape index (κ1) is 26.8. The van der Waals surface area contributed by atoms with Gasteiger partial charge in [0.05, 0.1) is 16.8 Å². The van der Waals surface area contributed by atoms with Gasteiger partial charge in [0.15, 0.2) is 0 Å². The zero-order valence-electron chi connectivity index (χ0n) is 23.3. The molecule has 0 bridgehead atoms. The molecular weight excluding hydrogens is 494 g/mol. The van der Waals surface area contributed by atoms with Crippen molar-refractivity contribution in [3.05, 3.63) is 131 Å². The zero-order chi connectivity index (χ0) is 28.3. The van der Waals surface area contributed by atoms with Crippen LogP contribution in [0.25, 0.3) is 22.2 Å². The molecular formula is C35H33N3O2. The summed E-state index contributed by atoms with van der Waals surface area (Å²) in [6, 6.07) is 35.0. The smallest absolute Gasteiger partial charge is 0.255 e. The molecule has 5 rings (SSSR count). The molecule has 0 aliphatic rings. The summed E-state index contributed by atoms with van der Waals surface area (Å²) in [5.74, 6) is -0.489. The number of fused-ring (bicyclic) bond motifs is 1. The van der Waals surface area contributed by atoms with E-state index in [9.17, 15) is 9.59 Å². The molecule has 0 saturated heterocycles. The van der Waals surface area contributed by atoms with Crippen molar-refractivity contribution in [2.24, 2.45) is 0 Å². The number of carbonyl (C=O) groups is 2. The van der Waals surface area contributed by atoms with E-state index in [0.29, 0.717) is 11.3 Å². The highest BCUT2D eigenvalue weighted by Gasteiger charge is 2.39. The quantitative estimate of drug-likeness (QED) is 0.237. The fraction of sp³-hybridized carbons (Fsp3) is 0.171. The molecule has 1 aromatic heterocycles. The van der Waals surface area contributed by atoms with Crippen molar-refractivity contribution in [2.45, 2.75) is 39.8 Å². The molecule has 4 aromatic carbocycles. The standard InChI is InChI=1S/C35H33N3O2/c1-24-14-13-15-25(2)32(24)37-34(40)35(3,4)38(23-26-16-7-5-8-17-26)33(39)29-22-31(27-18-9-6-10-19-27)36-30-21-12-11-20-28(29)30/h5-22H,23H2,1-4H3,(H,37,40). The Kier molecular flexibility index (Phi) is 7.47. The highest BCUT2D eigenvalue weighted by atomic mass is 16.2. The molecule has 5 nitrogen and oxygen atoms in total. The Morgan fingerprint density at radius 1 is 0.775 bits per heavy atom. The number of aromatic nitrogens is 1. The van der Waals surface area contributed by atoms with Crippen LogP contribution < -0.4 is 5.32 Å². The number of para-hydroxylation sites is 2. The van der Waals surface area contributed by atoms with E-state index in [2.05, 4.69) is 5.32 Å². The first-order chi connectivity index (χ1) is 19.3. The van der Waals surface area contributed by atoms with Gasteiger partial charge in [0.25, 0.3) is 5.91 Å². The van der Waals surface area contributed by atoms with Crippen LogP contribution in [-0.2, 0) is 11.3 Å². The fourth-order valence-electron chi connectivity index (χ4n) is 4.94. The van der Waals surface area contributed by atoms with Gasteiger partial charge in [-0.1, -0.05) is 97.1 Å². The minimum Gasteiger partial charge on any atom is -0.324 e. The molecule has 1 heterocycles. The monoisotopic (exact) mass is 527 g/mol. The van der Waals surface area contributed by atoms with Gasteiger partial charge in [-0.15, -0.1) is 0 Å². The van der Waals surface area contributed by atoms with Crippen LogP contribution in [0, 0.1) is 13.8 Å². The van der Waals surface area contributed by atoms with Gasteiger partial charge in [-0.2, -0.15) is 0 Å². The van der Waals surface area contributed by atoms with Gasteiger partial charge in [0.2, 0.25) is 5.91 Å². The van der Waals surface area contributed by atoms with Gasteiger partial charge in [-0.05, 0) is 56.5 Å². The predicted molar refractivity (Wildman–Crippen MR) is 162 cm³/mol. The number of hydrogen-bond donors (Lipinski definition) is 1. The minimum atomic E-state index is -1.18. The Balaban J connectivity index is 1.62. The van der Waals surface area contributed by atoms with Crippen LogP contribution in [0.15, 0.2) is 109 Å². The van der Waals surface area contributed by atoms with Gasteiger partial charge in [-0.3, -0.25) is 9.59 Å². The van der Waals surface area contributed by atoms with Crippen molar-refractivity contribution >= 4 is 28.4 Å². The van der Waals surface area contributed by atoms with E-state index >= 15 is 0 Å². The van der Waals surface area contributed by atoms with Crippen LogP contribution in [0.1, 0.15) is 40.9 Å². The van der Waals surface area contributed by atoms with Crippen LogP contribution in [0.5, 0.6) is 0 Å². The highest BCUT2D eigenvalue weighted by Crippen LogP contribution is 2.30. The molecule has 0 atom stereocenters. The number of rotatable bonds is 7. The molecule has 5 heteroatoms. The Hall–Kier alpha value is -4.77. The number of aryl methyl sites for hydroxylation is 2. The summed E-state index contributed by atoms with van der Waals surface area (Å²) in [7, 11) is 0. The Labute approximate surface area is 235 Å². The molecule has 1 N–H and O–H groups in total. The van der Waals surface area contributed by atoms with E-state index in [-0.39, 0.29) is 18.4 Å². The second kappa shape index (κ2) is 11.1. The van der Waals surface area contributed by atoms with E-state index < -0.39 is 5.54 Å². The van der Waals surface area contributed by atoms with Crippen LogP contribution in [-0.4, -0.2) is 27.2 Å². The van der Waals surface area contributed by atoms with E-state index in [4.69, 9.17) is 4.98 Å². The molecule has 0 unspecified atom stereocenters. The van der Waals surface area contributed by atoms with Crippen molar-refractivity contribution in [1.29, 1.82) is 0 Å². The average molecular weight is 528 g/mol. The number of amides is 2. The molecule has 0 aliphatic heterocycles. The SMILES string of the molecule is Cc1cccc(C)c1NC(=O)C(C)(C)N(Cc1ccccc1)C(=O)c1cc(-c2ccccc2)nc2ccccc12. The Morgan fingerprint density at radius 2 is 1.38 bits per heavy atom. The average Bonchev–Trinajstić information content (AvgIpc) is 2.97. The van der Waals surface area contributed by atoms with Gasteiger partial charge in [-0.25, -0.2) is 4.98 Å². The van der Waals surface area contributed by atoms with Gasteiger partial charge < -0.3 is 10.2 Å². The predicted octanol–water partition coefficient (Wildman–Crippen LogP) is 7.58. The molecule has 0 fully saturated rings. The Morgan fingerprint density at radius 3 is 2.05 bits per heavy atom. The van der Waals surface area contributed by atoms with Gasteiger partial charge in [0.1, 0.15) is 5.54 Å². The summed E-state index contributed by atoms with van der Waals surface area (Å²) in [5.41, 5.74) is 5.33. The number of hydrogen-bond acceptors (Lipinski definition) is 3. The van der Waals surface area contributed by atoms with E-state index in [1.165, 1.54) is 0 Å². The summed E-state index contributed by atoms with van der Waals surface area (Å²) in [5, 5.41) is 3.87. The lowest BCUT2D eigenvalue weighted by Crippen LogP contribution is -2.55. The molecule has 5 aromatic rings. The number of anilines is 1. The number of carbonyl (C=O) groups excluding carboxylic acids is 2. The topological polar surface area (TPSA) is 62.3 Å². The van der Waals surface area contributed by atoms with Crippen LogP contribution in [0.3, 0.4) is 0 Å². The summed E-state index contributed by atoms with van der Waals surface area (Å²) in [6.07, 6.45) is 0. The Bertz CT molecular complexity index is 1660. The lowest BCUT2D eigenvalue weighted by molar-refractivity contribution is -0.125. The van der Waals surface area contributed by atoms with Crippen LogP contribution >= 0.6 is 0 Å². The lowest BCUT2D eigenvalue weighted by atomic mass is 9.96. The number of pyridine rings is 1. The maximum absolute atomic E-state index is 14.6. The van der Waals surface area contributed by atoms with Gasteiger partial charge >= 0.3 is 0 Å². The van der Waals surface area contributed by atoms with Crippen LogP contribution in [0.4, 0.5) is 5.69 Å². The third-order valence-corrected chi connectivity index (χ3v) is 7.39. The second-order valence-corrected chi connectivity index (χ2v) is 10.6. The first-order valence-corrected chi connectivity index (χ1v) is 13.4. The molecule has 0 radical (unpaired) electrons. The third kappa shape index (κ3) is 5.36. The third-order valence-electron chi connectivity index (χ3n) is 7.39.